The molecule has 1 saturated heterocycles. The van der Waals surface area contributed by atoms with Crippen molar-refractivity contribution in [3.8, 4) is 6.07 Å². The minimum atomic E-state index is -0.421. The first-order chi connectivity index (χ1) is 9.04. The fraction of sp³-hybridized carbons (Fsp3) is 0.538. The third-order valence-electron chi connectivity index (χ3n) is 3.24. The highest BCUT2D eigenvalue weighted by Crippen LogP contribution is 2.21. The minimum absolute atomic E-state index is 0.131. The summed E-state index contributed by atoms with van der Waals surface area (Å²) in [6.07, 6.45) is 1.75. The second-order valence-corrected chi connectivity index (χ2v) is 5.33. The van der Waals surface area contributed by atoms with Crippen LogP contribution in [0.1, 0.15) is 30.4 Å². The lowest BCUT2D eigenvalue weighted by atomic mass is 10.2. The average Bonchev–Trinajstić information content (AvgIpc) is 2.80. The van der Waals surface area contributed by atoms with Crippen molar-refractivity contribution < 1.29 is 4.79 Å². The van der Waals surface area contributed by atoms with Crippen molar-refractivity contribution in [2.45, 2.75) is 25.9 Å². The number of nitriles is 1. The van der Waals surface area contributed by atoms with Crippen LogP contribution in [0, 0.1) is 11.3 Å². The molecule has 2 heterocycles. The first-order valence-electron chi connectivity index (χ1n) is 6.33. The summed E-state index contributed by atoms with van der Waals surface area (Å²) >= 11 is 5.99. The van der Waals surface area contributed by atoms with Crippen LogP contribution in [0.4, 0.5) is 0 Å². The topological polar surface area (TPSA) is 61.1 Å². The number of carbonyl (C=O) groups excluding carboxylic acids is 1. The lowest BCUT2D eigenvalue weighted by Crippen LogP contribution is -2.53. The van der Waals surface area contributed by atoms with E-state index in [4.69, 9.17) is 16.9 Å². The molecular weight excluding hydrogens is 264 g/mol. The van der Waals surface area contributed by atoms with E-state index >= 15 is 0 Å². The van der Waals surface area contributed by atoms with Crippen LogP contribution in [0.15, 0.2) is 12.3 Å². The third kappa shape index (κ3) is 2.75. The highest BCUT2D eigenvalue weighted by Gasteiger charge is 2.29. The van der Waals surface area contributed by atoms with E-state index in [1.807, 2.05) is 18.4 Å². The second-order valence-electron chi connectivity index (χ2n) is 4.89. The summed E-state index contributed by atoms with van der Waals surface area (Å²) in [5, 5.41) is 12.8. The van der Waals surface area contributed by atoms with E-state index in [0.717, 1.165) is 0 Å². The van der Waals surface area contributed by atoms with Crippen LogP contribution < -0.4 is 5.32 Å². The zero-order chi connectivity index (χ0) is 14.0. The zero-order valence-corrected chi connectivity index (χ0v) is 11.8. The molecule has 0 spiro atoms. The number of nitrogens with zero attached hydrogens (tertiary/aromatic N) is 3. The van der Waals surface area contributed by atoms with Gasteiger partial charge in [-0.1, -0.05) is 11.6 Å². The number of rotatable bonds is 2. The number of carbonyl (C=O) groups is 1. The summed E-state index contributed by atoms with van der Waals surface area (Å²) in [5.41, 5.74) is 0.544. The number of piperazine rings is 1. The first kappa shape index (κ1) is 13.9. The summed E-state index contributed by atoms with van der Waals surface area (Å²) < 4.78 is 1.85. The number of nitrogens with one attached hydrogen (secondary N) is 1. The first-order valence-corrected chi connectivity index (χ1v) is 6.71. The molecule has 0 radical (unpaired) electrons. The van der Waals surface area contributed by atoms with Crippen molar-refractivity contribution in [3.63, 3.8) is 0 Å². The number of aromatic nitrogens is 1. The van der Waals surface area contributed by atoms with Gasteiger partial charge in [-0.2, -0.15) is 5.26 Å². The molecular formula is C13H17ClN4O. The van der Waals surface area contributed by atoms with E-state index in [0.29, 0.717) is 30.4 Å². The minimum Gasteiger partial charge on any atom is -0.339 e. The zero-order valence-electron chi connectivity index (χ0n) is 11.1. The van der Waals surface area contributed by atoms with Gasteiger partial charge in [0, 0.05) is 31.9 Å². The van der Waals surface area contributed by atoms with Crippen molar-refractivity contribution in [1.29, 1.82) is 5.26 Å². The molecule has 0 saturated carbocycles. The van der Waals surface area contributed by atoms with E-state index in [-0.39, 0.29) is 11.9 Å². The number of hydrogen-bond acceptors (Lipinski definition) is 3. The monoisotopic (exact) mass is 280 g/mol. The molecule has 1 fully saturated rings. The molecule has 1 atom stereocenters. The van der Waals surface area contributed by atoms with Crippen molar-refractivity contribution in [3.05, 3.63) is 23.0 Å². The SMILES string of the molecule is CC(C)n1cc(Cl)cc1C(=O)N1CCNCC1C#N. The molecule has 1 N–H and O–H groups in total. The quantitative estimate of drug-likeness (QED) is 0.896. The molecule has 0 aromatic carbocycles. The Morgan fingerprint density at radius 1 is 1.63 bits per heavy atom. The molecule has 1 amide bonds. The highest BCUT2D eigenvalue weighted by molar-refractivity contribution is 6.31. The van der Waals surface area contributed by atoms with Gasteiger partial charge in [-0.15, -0.1) is 0 Å². The third-order valence-corrected chi connectivity index (χ3v) is 3.45. The van der Waals surface area contributed by atoms with Crippen LogP contribution in [-0.2, 0) is 0 Å². The van der Waals surface area contributed by atoms with Gasteiger partial charge in [-0.05, 0) is 19.9 Å². The molecule has 1 aromatic rings. The van der Waals surface area contributed by atoms with Gasteiger partial charge in [0.25, 0.3) is 5.91 Å². The maximum atomic E-state index is 12.6. The van der Waals surface area contributed by atoms with Gasteiger partial charge < -0.3 is 14.8 Å². The van der Waals surface area contributed by atoms with Gasteiger partial charge in [-0.3, -0.25) is 4.79 Å². The summed E-state index contributed by atoms with van der Waals surface area (Å²) in [6.45, 7) is 5.75. The van der Waals surface area contributed by atoms with Gasteiger partial charge >= 0.3 is 0 Å². The second kappa shape index (κ2) is 5.64. The summed E-state index contributed by atoms with van der Waals surface area (Å²) in [6, 6.07) is 3.55. The molecule has 5 nitrogen and oxygen atoms in total. The van der Waals surface area contributed by atoms with Gasteiger partial charge in [0.15, 0.2) is 0 Å². The van der Waals surface area contributed by atoms with E-state index in [1.165, 1.54) is 0 Å². The largest absolute Gasteiger partial charge is 0.339 e. The lowest BCUT2D eigenvalue weighted by molar-refractivity contribution is 0.0674. The molecule has 19 heavy (non-hydrogen) atoms. The number of halogens is 1. The predicted molar refractivity (Wildman–Crippen MR) is 73.1 cm³/mol. The maximum absolute atomic E-state index is 12.6. The van der Waals surface area contributed by atoms with E-state index < -0.39 is 6.04 Å². The average molecular weight is 281 g/mol. The number of amides is 1. The predicted octanol–water partition coefficient (Wildman–Crippen LogP) is 1.66. The molecule has 0 aliphatic carbocycles. The molecule has 102 valence electrons. The van der Waals surface area contributed by atoms with Crippen LogP contribution in [0.5, 0.6) is 0 Å². The lowest BCUT2D eigenvalue weighted by Gasteiger charge is -2.32. The Kier molecular flexibility index (Phi) is 4.13. The highest BCUT2D eigenvalue weighted by atomic mass is 35.5. The molecule has 6 heteroatoms. The van der Waals surface area contributed by atoms with Crippen LogP contribution in [0.2, 0.25) is 5.02 Å². The normalized spacial score (nSPS) is 19.5. The van der Waals surface area contributed by atoms with Gasteiger partial charge in [0.1, 0.15) is 11.7 Å². The fourth-order valence-electron chi connectivity index (χ4n) is 2.25. The molecule has 1 unspecified atom stereocenters. The molecule has 1 aliphatic rings. The Hall–Kier alpha value is -1.51. The van der Waals surface area contributed by atoms with E-state index in [9.17, 15) is 4.79 Å². The van der Waals surface area contributed by atoms with Crippen LogP contribution in [-0.4, -0.2) is 41.1 Å². The van der Waals surface area contributed by atoms with E-state index in [1.54, 1.807) is 17.2 Å². The Labute approximate surface area is 117 Å². The molecule has 1 aliphatic heterocycles. The van der Waals surface area contributed by atoms with Gasteiger partial charge in [0.2, 0.25) is 0 Å². The maximum Gasteiger partial charge on any atom is 0.271 e. The Morgan fingerprint density at radius 3 is 3.00 bits per heavy atom. The van der Waals surface area contributed by atoms with Gasteiger partial charge in [-0.25, -0.2) is 0 Å². The van der Waals surface area contributed by atoms with Crippen LogP contribution in [0.25, 0.3) is 0 Å². The number of hydrogen-bond donors (Lipinski definition) is 1. The van der Waals surface area contributed by atoms with Gasteiger partial charge in [0.05, 0.1) is 11.1 Å². The Balaban J connectivity index is 2.31. The molecule has 1 aromatic heterocycles. The van der Waals surface area contributed by atoms with Crippen molar-refractivity contribution in [1.82, 2.24) is 14.8 Å². The molecule has 0 bridgehead atoms. The summed E-state index contributed by atoms with van der Waals surface area (Å²) in [5.74, 6) is -0.131. The van der Waals surface area contributed by atoms with Crippen LogP contribution in [0.3, 0.4) is 0 Å². The smallest absolute Gasteiger partial charge is 0.271 e. The summed E-state index contributed by atoms with van der Waals surface area (Å²) in [4.78, 5) is 14.2. The van der Waals surface area contributed by atoms with Crippen molar-refractivity contribution >= 4 is 17.5 Å². The Morgan fingerprint density at radius 2 is 2.37 bits per heavy atom. The standard InChI is InChI=1S/C13H17ClN4O/c1-9(2)18-8-10(14)5-12(18)13(19)17-4-3-16-7-11(17)6-15/h5,8-9,11,16H,3-4,7H2,1-2H3. The Bertz CT molecular complexity index is 517. The summed E-state index contributed by atoms with van der Waals surface area (Å²) in [7, 11) is 0. The van der Waals surface area contributed by atoms with E-state index in [2.05, 4.69) is 11.4 Å². The van der Waals surface area contributed by atoms with Crippen molar-refractivity contribution in [2.75, 3.05) is 19.6 Å². The van der Waals surface area contributed by atoms with Crippen LogP contribution >= 0.6 is 11.6 Å². The molecule has 2 rings (SSSR count). The fourth-order valence-corrected chi connectivity index (χ4v) is 2.46. The van der Waals surface area contributed by atoms with Crippen molar-refractivity contribution in [2.24, 2.45) is 0 Å².